The minimum atomic E-state index is 0.122. The number of thiol groups is 1. The average molecular weight is 175 g/mol. The van der Waals surface area contributed by atoms with E-state index in [1.165, 1.54) is 0 Å². The lowest BCUT2D eigenvalue weighted by Gasteiger charge is -2.22. The maximum atomic E-state index is 4.60. The first-order valence-corrected chi connectivity index (χ1v) is 4.04. The first-order chi connectivity index (χ1) is 4.98. The summed E-state index contributed by atoms with van der Waals surface area (Å²) in [7, 11) is 0. The molecule has 1 N–H and O–H groups in total. The summed E-state index contributed by atoms with van der Waals surface area (Å²) < 4.78 is 4.60. The van der Waals surface area contributed by atoms with Gasteiger partial charge in [-0.3, -0.25) is 0 Å². The standard InChI is InChI=1S/C8H17NOS/c1-7(8(2,3)4)9-5-6-10-11/h9,11H,1,5-6H2,2-4H3. The minimum absolute atomic E-state index is 0.122. The van der Waals surface area contributed by atoms with Gasteiger partial charge in [-0.25, -0.2) is 0 Å². The Morgan fingerprint density at radius 1 is 1.55 bits per heavy atom. The van der Waals surface area contributed by atoms with Crippen LogP contribution < -0.4 is 5.32 Å². The van der Waals surface area contributed by atoms with E-state index in [0.717, 1.165) is 12.2 Å². The largest absolute Gasteiger partial charge is 0.386 e. The number of hydrogen-bond acceptors (Lipinski definition) is 3. The van der Waals surface area contributed by atoms with Crippen LogP contribution in [0.4, 0.5) is 0 Å². The maximum Gasteiger partial charge on any atom is 0.0783 e. The number of allylic oxidation sites excluding steroid dienone is 1. The lowest BCUT2D eigenvalue weighted by molar-refractivity contribution is 0.367. The van der Waals surface area contributed by atoms with E-state index in [1.807, 2.05) is 0 Å². The van der Waals surface area contributed by atoms with Crippen LogP contribution in [0.25, 0.3) is 0 Å². The first-order valence-electron chi connectivity index (χ1n) is 3.68. The molecular weight excluding hydrogens is 158 g/mol. The highest BCUT2D eigenvalue weighted by Gasteiger charge is 2.13. The van der Waals surface area contributed by atoms with E-state index in [4.69, 9.17) is 0 Å². The van der Waals surface area contributed by atoms with Crippen molar-refractivity contribution in [2.24, 2.45) is 5.41 Å². The van der Waals surface area contributed by atoms with Gasteiger partial charge in [-0.05, 0) is 12.9 Å². The van der Waals surface area contributed by atoms with Gasteiger partial charge >= 0.3 is 0 Å². The molecule has 0 aromatic rings. The molecule has 0 radical (unpaired) electrons. The van der Waals surface area contributed by atoms with Crippen molar-refractivity contribution in [1.29, 1.82) is 0 Å². The Labute approximate surface area is 74.6 Å². The molecule has 0 aromatic carbocycles. The van der Waals surface area contributed by atoms with Crippen molar-refractivity contribution < 1.29 is 4.18 Å². The first kappa shape index (κ1) is 10.8. The van der Waals surface area contributed by atoms with Gasteiger partial charge in [0, 0.05) is 17.7 Å². The second-order valence-corrected chi connectivity index (χ2v) is 3.75. The van der Waals surface area contributed by atoms with Crippen molar-refractivity contribution >= 4 is 12.9 Å². The van der Waals surface area contributed by atoms with Crippen molar-refractivity contribution in [2.75, 3.05) is 13.2 Å². The monoisotopic (exact) mass is 175 g/mol. The molecule has 0 amide bonds. The van der Waals surface area contributed by atoms with E-state index in [1.54, 1.807) is 0 Å². The molecule has 0 rings (SSSR count). The Bertz CT molecular complexity index is 129. The highest BCUT2D eigenvalue weighted by molar-refractivity contribution is 7.75. The summed E-state index contributed by atoms with van der Waals surface area (Å²) in [5.74, 6) is 0. The molecule has 0 fully saturated rings. The van der Waals surface area contributed by atoms with Crippen molar-refractivity contribution in [3.63, 3.8) is 0 Å². The molecule has 0 atom stereocenters. The molecule has 66 valence electrons. The molecule has 0 aliphatic heterocycles. The van der Waals surface area contributed by atoms with Gasteiger partial charge in [-0.15, -0.1) is 0 Å². The van der Waals surface area contributed by atoms with E-state index in [0.29, 0.717) is 6.61 Å². The SMILES string of the molecule is C=C(NCCOS)C(C)(C)C. The second-order valence-electron chi connectivity index (χ2n) is 3.49. The highest BCUT2D eigenvalue weighted by Crippen LogP contribution is 2.20. The lowest BCUT2D eigenvalue weighted by Crippen LogP contribution is -2.25. The predicted molar refractivity (Wildman–Crippen MR) is 51.5 cm³/mol. The smallest absolute Gasteiger partial charge is 0.0783 e. The quantitative estimate of drug-likeness (QED) is 0.387. The average Bonchev–Trinajstić information content (AvgIpc) is 1.86. The van der Waals surface area contributed by atoms with Crippen molar-refractivity contribution in [1.82, 2.24) is 5.32 Å². The van der Waals surface area contributed by atoms with Crippen LogP contribution in [0.15, 0.2) is 12.3 Å². The van der Waals surface area contributed by atoms with Gasteiger partial charge in [0.25, 0.3) is 0 Å². The van der Waals surface area contributed by atoms with Gasteiger partial charge in [0.15, 0.2) is 0 Å². The van der Waals surface area contributed by atoms with E-state index in [9.17, 15) is 0 Å². The third-order valence-corrected chi connectivity index (χ3v) is 1.62. The fourth-order valence-electron chi connectivity index (χ4n) is 0.513. The van der Waals surface area contributed by atoms with Crippen molar-refractivity contribution in [3.05, 3.63) is 12.3 Å². The van der Waals surface area contributed by atoms with Crippen LogP contribution in [0.5, 0.6) is 0 Å². The summed E-state index contributed by atoms with van der Waals surface area (Å²) >= 11 is 3.63. The summed E-state index contributed by atoms with van der Waals surface area (Å²) in [6.45, 7) is 11.6. The van der Waals surface area contributed by atoms with E-state index in [2.05, 4.69) is 49.8 Å². The Kier molecular flexibility index (Phi) is 4.61. The molecule has 11 heavy (non-hydrogen) atoms. The maximum absolute atomic E-state index is 4.60. The third kappa shape index (κ3) is 5.16. The third-order valence-electron chi connectivity index (χ3n) is 1.44. The van der Waals surface area contributed by atoms with Gasteiger partial charge in [-0.1, -0.05) is 27.4 Å². The Morgan fingerprint density at radius 2 is 2.09 bits per heavy atom. The second kappa shape index (κ2) is 4.67. The molecule has 0 bridgehead atoms. The van der Waals surface area contributed by atoms with Gasteiger partial charge < -0.3 is 9.50 Å². The van der Waals surface area contributed by atoms with Gasteiger partial charge in [0.2, 0.25) is 0 Å². The van der Waals surface area contributed by atoms with Crippen LogP contribution in [0.2, 0.25) is 0 Å². The molecule has 2 nitrogen and oxygen atoms in total. The fraction of sp³-hybridized carbons (Fsp3) is 0.750. The zero-order valence-electron chi connectivity index (χ0n) is 7.48. The van der Waals surface area contributed by atoms with E-state index < -0.39 is 0 Å². The van der Waals surface area contributed by atoms with Crippen molar-refractivity contribution in [2.45, 2.75) is 20.8 Å². The van der Waals surface area contributed by atoms with E-state index in [-0.39, 0.29) is 5.41 Å². The minimum Gasteiger partial charge on any atom is -0.386 e. The zero-order chi connectivity index (χ0) is 8.91. The van der Waals surface area contributed by atoms with Crippen LogP contribution >= 0.6 is 12.9 Å². The van der Waals surface area contributed by atoms with Crippen LogP contribution in [-0.2, 0) is 4.18 Å². The topological polar surface area (TPSA) is 21.3 Å². The lowest BCUT2D eigenvalue weighted by atomic mass is 9.93. The van der Waals surface area contributed by atoms with Crippen LogP contribution in [0.3, 0.4) is 0 Å². The van der Waals surface area contributed by atoms with Gasteiger partial charge in [-0.2, -0.15) is 0 Å². The summed E-state index contributed by atoms with van der Waals surface area (Å²) in [6.07, 6.45) is 0. The molecule has 0 saturated heterocycles. The normalized spacial score (nSPS) is 11.3. The summed E-state index contributed by atoms with van der Waals surface area (Å²) in [4.78, 5) is 0. The Morgan fingerprint density at radius 3 is 2.45 bits per heavy atom. The molecule has 3 heteroatoms. The van der Waals surface area contributed by atoms with Gasteiger partial charge in [0.1, 0.15) is 0 Å². The summed E-state index contributed by atoms with van der Waals surface area (Å²) in [5, 5.41) is 3.16. The molecule has 0 heterocycles. The highest BCUT2D eigenvalue weighted by atomic mass is 32.1. The van der Waals surface area contributed by atoms with E-state index >= 15 is 0 Å². The molecule has 0 aliphatic carbocycles. The molecule has 0 unspecified atom stereocenters. The predicted octanol–water partition coefficient (Wildman–Crippen LogP) is 2.00. The molecule has 0 aromatic heterocycles. The summed E-state index contributed by atoms with van der Waals surface area (Å²) in [5.41, 5.74) is 1.15. The number of nitrogens with one attached hydrogen (secondary N) is 1. The van der Waals surface area contributed by atoms with Crippen LogP contribution in [0, 0.1) is 5.41 Å². The fourth-order valence-corrected chi connectivity index (χ4v) is 0.604. The molecule has 0 saturated carbocycles. The molecular formula is C8H17NOS. The zero-order valence-corrected chi connectivity index (χ0v) is 8.37. The van der Waals surface area contributed by atoms with Crippen LogP contribution in [0.1, 0.15) is 20.8 Å². The van der Waals surface area contributed by atoms with Gasteiger partial charge in [0.05, 0.1) is 6.61 Å². The Balaban J connectivity index is 3.54. The molecule has 0 aliphatic rings. The number of hydrogen-bond donors (Lipinski definition) is 2. The van der Waals surface area contributed by atoms with Crippen LogP contribution in [-0.4, -0.2) is 13.2 Å². The molecule has 0 spiro atoms. The van der Waals surface area contributed by atoms with Crippen molar-refractivity contribution in [3.8, 4) is 0 Å². The Hall–Kier alpha value is -0.150. The number of rotatable bonds is 4. The summed E-state index contributed by atoms with van der Waals surface area (Å²) in [6, 6.07) is 0.